The van der Waals surface area contributed by atoms with Gasteiger partial charge in [0.2, 0.25) is 5.91 Å². The fourth-order valence-electron chi connectivity index (χ4n) is 2.36. The van der Waals surface area contributed by atoms with Crippen LogP contribution >= 0.6 is 12.6 Å². The molecule has 1 saturated heterocycles. The third-order valence-electron chi connectivity index (χ3n) is 3.36. The fourth-order valence-corrected chi connectivity index (χ4v) is 2.60. The number of rotatable bonds is 2. The molecular weight excluding hydrogens is 275 g/mol. The molecule has 1 heterocycles. The van der Waals surface area contributed by atoms with Crippen molar-refractivity contribution in [2.24, 2.45) is 5.92 Å². The van der Waals surface area contributed by atoms with Gasteiger partial charge in [-0.1, -0.05) is 6.07 Å². The molecule has 1 fully saturated rings. The van der Waals surface area contributed by atoms with Gasteiger partial charge in [0.25, 0.3) is 0 Å². The molecule has 0 aromatic heterocycles. The zero-order chi connectivity index (χ0) is 14.2. The fraction of sp³-hybridized carbons (Fsp3) is 0.462. The molecule has 0 spiro atoms. The summed E-state index contributed by atoms with van der Waals surface area (Å²) in [5.41, 5.74) is -0.237. The molecule has 104 valence electrons. The van der Waals surface area contributed by atoms with E-state index < -0.39 is 11.7 Å². The summed E-state index contributed by atoms with van der Waals surface area (Å²) in [4.78, 5) is 13.3. The number of anilines is 1. The van der Waals surface area contributed by atoms with Gasteiger partial charge >= 0.3 is 6.18 Å². The first-order valence-corrected chi connectivity index (χ1v) is 6.56. The Labute approximate surface area is 115 Å². The predicted molar refractivity (Wildman–Crippen MR) is 70.5 cm³/mol. The second kappa shape index (κ2) is 5.07. The maximum Gasteiger partial charge on any atom is 0.416 e. The van der Waals surface area contributed by atoms with Crippen molar-refractivity contribution in [1.82, 2.24) is 0 Å². The summed E-state index contributed by atoms with van der Waals surface area (Å²) in [6.07, 6.45) is -4.05. The minimum Gasteiger partial charge on any atom is -0.312 e. The van der Waals surface area contributed by atoms with Gasteiger partial charge < -0.3 is 4.90 Å². The second-order valence-electron chi connectivity index (χ2n) is 4.70. The lowest BCUT2D eigenvalue weighted by Crippen LogP contribution is -2.26. The molecule has 0 aliphatic carbocycles. The van der Waals surface area contributed by atoms with E-state index in [0.29, 0.717) is 24.4 Å². The lowest BCUT2D eigenvalue weighted by molar-refractivity contribution is -0.138. The molecule has 1 aromatic rings. The molecule has 0 radical (unpaired) electrons. The molecular formula is C13H14F3NOS. The van der Waals surface area contributed by atoms with Gasteiger partial charge in [0, 0.05) is 18.7 Å². The monoisotopic (exact) mass is 289 g/mol. The maximum atomic E-state index is 12.8. The summed E-state index contributed by atoms with van der Waals surface area (Å²) in [6, 6.07) is 3.94. The van der Waals surface area contributed by atoms with Gasteiger partial charge in [-0.2, -0.15) is 25.8 Å². The Kier molecular flexibility index (Phi) is 3.80. The molecule has 2 rings (SSSR count). The Balaban J connectivity index is 2.39. The molecule has 0 N–H and O–H groups in total. The van der Waals surface area contributed by atoms with Crippen LogP contribution in [0.2, 0.25) is 0 Å². The van der Waals surface area contributed by atoms with Gasteiger partial charge in [0.15, 0.2) is 0 Å². The average molecular weight is 289 g/mol. The predicted octanol–water partition coefficient (Wildman–Crippen LogP) is 3.30. The van der Waals surface area contributed by atoms with Crippen molar-refractivity contribution in [2.75, 3.05) is 17.2 Å². The maximum absolute atomic E-state index is 12.8. The van der Waals surface area contributed by atoms with Crippen molar-refractivity contribution >= 4 is 24.2 Å². The van der Waals surface area contributed by atoms with Gasteiger partial charge in [-0.25, -0.2) is 0 Å². The van der Waals surface area contributed by atoms with Crippen LogP contribution in [0.1, 0.15) is 17.5 Å². The minimum atomic E-state index is -4.40. The van der Waals surface area contributed by atoms with E-state index in [4.69, 9.17) is 0 Å². The minimum absolute atomic E-state index is 0.100. The number of carbonyl (C=O) groups excluding carboxylic acids is 1. The third-order valence-corrected chi connectivity index (χ3v) is 3.88. The van der Waals surface area contributed by atoms with Crippen molar-refractivity contribution < 1.29 is 18.0 Å². The standard InChI is InChI=1S/C13H14F3NOS/c1-8-10(13(14,15)16)3-2-4-11(8)17-6-9(7-19)5-12(17)18/h2-4,9,19H,5-7H2,1H3. The molecule has 2 nitrogen and oxygen atoms in total. The Morgan fingerprint density at radius 1 is 1.42 bits per heavy atom. The van der Waals surface area contributed by atoms with Crippen molar-refractivity contribution in [3.63, 3.8) is 0 Å². The number of hydrogen-bond donors (Lipinski definition) is 1. The SMILES string of the molecule is Cc1c(N2CC(CS)CC2=O)cccc1C(F)(F)F. The first kappa shape index (κ1) is 14.2. The Hall–Kier alpha value is -1.17. The lowest BCUT2D eigenvalue weighted by atomic mass is 10.1. The number of amides is 1. The highest BCUT2D eigenvalue weighted by Gasteiger charge is 2.36. The van der Waals surface area contributed by atoms with Crippen LogP contribution in [0, 0.1) is 12.8 Å². The van der Waals surface area contributed by atoms with Crippen molar-refractivity contribution in [1.29, 1.82) is 0 Å². The van der Waals surface area contributed by atoms with Crippen molar-refractivity contribution in [3.05, 3.63) is 29.3 Å². The van der Waals surface area contributed by atoms with Crippen LogP contribution < -0.4 is 4.90 Å². The normalized spacial score (nSPS) is 20.2. The molecule has 19 heavy (non-hydrogen) atoms. The van der Waals surface area contributed by atoms with Gasteiger partial charge in [0.1, 0.15) is 0 Å². The third kappa shape index (κ3) is 2.73. The Morgan fingerprint density at radius 3 is 2.63 bits per heavy atom. The van der Waals surface area contributed by atoms with Crippen LogP contribution in [0.3, 0.4) is 0 Å². The van der Waals surface area contributed by atoms with E-state index in [1.54, 1.807) is 6.07 Å². The summed E-state index contributed by atoms with van der Waals surface area (Å²) in [5.74, 6) is 0.520. The van der Waals surface area contributed by atoms with E-state index >= 15 is 0 Å². The van der Waals surface area contributed by atoms with E-state index in [1.807, 2.05) is 0 Å². The smallest absolute Gasteiger partial charge is 0.312 e. The van der Waals surface area contributed by atoms with Crippen LogP contribution in [0.25, 0.3) is 0 Å². The Morgan fingerprint density at radius 2 is 2.11 bits per heavy atom. The van der Waals surface area contributed by atoms with Gasteiger partial charge in [0.05, 0.1) is 5.56 Å². The van der Waals surface area contributed by atoms with Crippen molar-refractivity contribution in [2.45, 2.75) is 19.5 Å². The van der Waals surface area contributed by atoms with Crippen LogP contribution in [0.4, 0.5) is 18.9 Å². The van der Waals surface area contributed by atoms with Gasteiger partial charge in [-0.05, 0) is 36.3 Å². The summed E-state index contributed by atoms with van der Waals surface area (Å²) >= 11 is 4.14. The molecule has 0 bridgehead atoms. The average Bonchev–Trinajstić information content (AvgIpc) is 2.69. The molecule has 0 saturated carbocycles. The molecule has 1 aliphatic heterocycles. The van der Waals surface area contributed by atoms with Crippen LogP contribution in [0.15, 0.2) is 18.2 Å². The number of halogens is 3. The molecule has 1 aliphatic rings. The van der Waals surface area contributed by atoms with Crippen LogP contribution in [-0.2, 0) is 11.0 Å². The van der Waals surface area contributed by atoms with E-state index in [0.717, 1.165) is 6.07 Å². The molecule has 1 atom stereocenters. The number of hydrogen-bond acceptors (Lipinski definition) is 2. The zero-order valence-corrected chi connectivity index (χ0v) is 11.3. The van der Waals surface area contributed by atoms with Gasteiger partial charge in [-0.15, -0.1) is 0 Å². The Bertz CT molecular complexity index is 501. The van der Waals surface area contributed by atoms with E-state index in [-0.39, 0.29) is 17.4 Å². The zero-order valence-electron chi connectivity index (χ0n) is 10.4. The number of benzene rings is 1. The van der Waals surface area contributed by atoms with E-state index in [9.17, 15) is 18.0 Å². The number of thiol groups is 1. The molecule has 1 amide bonds. The highest BCUT2D eigenvalue weighted by atomic mass is 32.1. The largest absolute Gasteiger partial charge is 0.416 e. The second-order valence-corrected chi connectivity index (χ2v) is 5.07. The first-order chi connectivity index (χ1) is 8.84. The summed E-state index contributed by atoms with van der Waals surface area (Å²) < 4.78 is 38.5. The van der Waals surface area contributed by atoms with Crippen LogP contribution in [-0.4, -0.2) is 18.2 Å². The number of carbonyl (C=O) groups is 1. The highest BCUT2D eigenvalue weighted by molar-refractivity contribution is 7.80. The molecule has 1 unspecified atom stereocenters. The van der Waals surface area contributed by atoms with Crippen molar-refractivity contribution in [3.8, 4) is 0 Å². The van der Waals surface area contributed by atoms with E-state index in [1.165, 1.54) is 17.9 Å². The number of alkyl halides is 3. The number of nitrogens with zero attached hydrogens (tertiary/aromatic N) is 1. The van der Waals surface area contributed by atoms with Crippen LogP contribution in [0.5, 0.6) is 0 Å². The highest BCUT2D eigenvalue weighted by Crippen LogP contribution is 2.37. The molecule has 6 heteroatoms. The summed E-state index contributed by atoms with van der Waals surface area (Å²) in [7, 11) is 0. The lowest BCUT2D eigenvalue weighted by Gasteiger charge is -2.21. The summed E-state index contributed by atoms with van der Waals surface area (Å²) in [6.45, 7) is 1.84. The summed E-state index contributed by atoms with van der Waals surface area (Å²) in [5, 5.41) is 0. The topological polar surface area (TPSA) is 20.3 Å². The van der Waals surface area contributed by atoms with Gasteiger partial charge in [-0.3, -0.25) is 4.79 Å². The quantitative estimate of drug-likeness (QED) is 0.828. The molecule has 1 aromatic carbocycles. The van der Waals surface area contributed by atoms with E-state index in [2.05, 4.69) is 12.6 Å². The first-order valence-electron chi connectivity index (χ1n) is 5.92.